The van der Waals surface area contributed by atoms with Crippen molar-refractivity contribution in [2.24, 2.45) is 0 Å². The fraction of sp³-hybridized carbons (Fsp3) is 0.100. The van der Waals surface area contributed by atoms with Gasteiger partial charge in [0, 0.05) is 17.8 Å². The molecule has 2 aromatic heterocycles. The summed E-state index contributed by atoms with van der Waals surface area (Å²) >= 11 is 1.07. The number of esters is 1. The summed E-state index contributed by atoms with van der Waals surface area (Å²) in [5.41, 5.74) is -0.0192. The van der Waals surface area contributed by atoms with Gasteiger partial charge in [-0.3, -0.25) is 4.98 Å². The molecule has 0 unspecified atom stereocenters. The summed E-state index contributed by atoms with van der Waals surface area (Å²) in [4.78, 5) is 26.5. The molecule has 82 valence electrons. The average molecular weight is 237 g/mol. The summed E-state index contributed by atoms with van der Waals surface area (Å²) in [6.07, 6.45) is 3.02. The Labute approximate surface area is 94.3 Å². The predicted molar refractivity (Wildman–Crippen MR) is 57.9 cm³/mol. The van der Waals surface area contributed by atoms with E-state index in [9.17, 15) is 9.59 Å². The van der Waals surface area contributed by atoms with Crippen molar-refractivity contribution in [1.29, 1.82) is 0 Å². The predicted octanol–water partition coefficient (Wildman–Crippen LogP) is 1.78. The molecule has 0 aliphatic carbocycles. The van der Waals surface area contributed by atoms with Crippen LogP contribution in [-0.2, 0) is 4.74 Å². The van der Waals surface area contributed by atoms with Gasteiger partial charge in [-0.25, -0.2) is 9.59 Å². The Morgan fingerprint density at radius 3 is 2.88 bits per heavy atom. The molecule has 0 aromatic carbocycles. The van der Waals surface area contributed by atoms with Crippen molar-refractivity contribution in [3.8, 4) is 0 Å². The van der Waals surface area contributed by atoms with Gasteiger partial charge in [0.15, 0.2) is 0 Å². The van der Waals surface area contributed by atoms with Crippen LogP contribution in [-0.4, -0.2) is 29.1 Å². The topological polar surface area (TPSA) is 76.5 Å². The monoisotopic (exact) mass is 237 g/mol. The summed E-state index contributed by atoms with van der Waals surface area (Å²) in [7, 11) is 1.22. The summed E-state index contributed by atoms with van der Waals surface area (Å²) in [6, 6.07) is 1.57. The van der Waals surface area contributed by atoms with Gasteiger partial charge in [0.2, 0.25) is 0 Å². The molecule has 0 radical (unpaired) electrons. The number of carboxylic acid groups (broad SMARTS) is 1. The number of fused-ring (bicyclic) bond motifs is 1. The van der Waals surface area contributed by atoms with E-state index in [4.69, 9.17) is 5.11 Å². The minimum atomic E-state index is -1.14. The molecule has 0 bridgehead atoms. The molecule has 5 nitrogen and oxygen atoms in total. The second-order valence-corrected chi connectivity index (χ2v) is 4.03. The Kier molecular flexibility index (Phi) is 2.57. The van der Waals surface area contributed by atoms with Crippen LogP contribution >= 0.6 is 11.3 Å². The van der Waals surface area contributed by atoms with Crippen molar-refractivity contribution in [1.82, 2.24) is 4.98 Å². The standard InChI is InChI=1S/C10H7NO4S/c1-15-10(14)8-7(9(12)13)5-2-3-11-4-6(5)16-8/h2-4H,1H3,(H,12,13). The highest BCUT2D eigenvalue weighted by Gasteiger charge is 2.23. The third kappa shape index (κ3) is 1.53. The lowest BCUT2D eigenvalue weighted by atomic mass is 10.1. The molecule has 2 aromatic rings. The Balaban J connectivity index is 2.78. The van der Waals surface area contributed by atoms with Crippen LogP contribution in [0.5, 0.6) is 0 Å². The van der Waals surface area contributed by atoms with E-state index in [1.54, 1.807) is 6.07 Å². The lowest BCUT2D eigenvalue weighted by Gasteiger charge is -1.97. The quantitative estimate of drug-likeness (QED) is 0.805. The molecule has 2 rings (SSSR count). The molecule has 0 amide bonds. The number of nitrogens with zero attached hydrogens (tertiary/aromatic N) is 1. The minimum Gasteiger partial charge on any atom is -0.478 e. The Hall–Kier alpha value is -1.95. The first-order valence-electron chi connectivity index (χ1n) is 4.33. The van der Waals surface area contributed by atoms with Crippen LogP contribution in [0.4, 0.5) is 0 Å². The molecule has 0 fully saturated rings. The summed E-state index contributed by atoms with van der Waals surface area (Å²) in [6.45, 7) is 0. The molecule has 0 atom stereocenters. The Morgan fingerprint density at radius 2 is 2.25 bits per heavy atom. The number of carboxylic acids is 1. The van der Waals surface area contributed by atoms with Gasteiger partial charge in [-0.1, -0.05) is 0 Å². The molecule has 2 heterocycles. The maximum Gasteiger partial charge on any atom is 0.348 e. The highest BCUT2D eigenvalue weighted by atomic mass is 32.1. The van der Waals surface area contributed by atoms with E-state index in [0.717, 1.165) is 11.3 Å². The lowest BCUT2D eigenvalue weighted by Crippen LogP contribution is -2.06. The van der Waals surface area contributed by atoms with Crippen molar-refractivity contribution >= 4 is 33.4 Å². The zero-order valence-corrected chi connectivity index (χ0v) is 9.08. The molecular weight excluding hydrogens is 230 g/mol. The van der Waals surface area contributed by atoms with Crippen molar-refractivity contribution in [3.63, 3.8) is 0 Å². The Morgan fingerprint density at radius 1 is 1.50 bits per heavy atom. The number of hydrogen-bond acceptors (Lipinski definition) is 5. The number of methoxy groups -OCH3 is 1. The van der Waals surface area contributed by atoms with Crippen molar-refractivity contribution in [2.75, 3.05) is 7.11 Å². The zero-order chi connectivity index (χ0) is 11.7. The highest BCUT2D eigenvalue weighted by molar-refractivity contribution is 7.21. The molecule has 0 aliphatic heterocycles. The third-order valence-corrected chi connectivity index (χ3v) is 3.20. The number of pyridine rings is 1. The highest BCUT2D eigenvalue weighted by Crippen LogP contribution is 2.31. The number of rotatable bonds is 2. The average Bonchev–Trinajstić information content (AvgIpc) is 2.67. The molecule has 0 saturated heterocycles. The second-order valence-electron chi connectivity index (χ2n) is 2.97. The first kappa shape index (κ1) is 10.6. The van der Waals surface area contributed by atoms with Crippen LogP contribution in [0.1, 0.15) is 20.0 Å². The van der Waals surface area contributed by atoms with Crippen molar-refractivity contribution < 1.29 is 19.4 Å². The van der Waals surface area contributed by atoms with Crippen LogP contribution in [0.25, 0.3) is 10.1 Å². The number of carbonyl (C=O) groups excluding carboxylic acids is 1. The van der Waals surface area contributed by atoms with E-state index >= 15 is 0 Å². The number of aromatic carboxylic acids is 1. The van der Waals surface area contributed by atoms with Crippen molar-refractivity contribution in [2.45, 2.75) is 0 Å². The first-order chi connectivity index (χ1) is 7.65. The first-order valence-corrected chi connectivity index (χ1v) is 5.15. The van der Waals surface area contributed by atoms with Crippen LogP contribution < -0.4 is 0 Å². The largest absolute Gasteiger partial charge is 0.478 e. The molecule has 0 spiro atoms. The summed E-state index contributed by atoms with van der Waals surface area (Å²) in [5, 5.41) is 9.58. The van der Waals surface area contributed by atoms with E-state index in [-0.39, 0.29) is 10.4 Å². The number of ether oxygens (including phenoxy) is 1. The zero-order valence-electron chi connectivity index (χ0n) is 8.26. The van der Waals surface area contributed by atoms with Gasteiger partial charge in [-0.15, -0.1) is 11.3 Å². The second kappa shape index (κ2) is 3.90. The van der Waals surface area contributed by atoms with Crippen LogP contribution in [0.15, 0.2) is 18.5 Å². The van der Waals surface area contributed by atoms with E-state index in [1.165, 1.54) is 19.5 Å². The van der Waals surface area contributed by atoms with Crippen LogP contribution in [0, 0.1) is 0 Å². The van der Waals surface area contributed by atoms with Crippen LogP contribution in [0.3, 0.4) is 0 Å². The smallest absolute Gasteiger partial charge is 0.348 e. The Bertz CT molecular complexity index is 575. The van der Waals surface area contributed by atoms with E-state index in [2.05, 4.69) is 9.72 Å². The number of thiophene rings is 1. The lowest BCUT2D eigenvalue weighted by molar-refractivity contribution is 0.0589. The number of aromatic nitrogens is 1. The minimum absolute atomic E-state index is 0.0192. The molecule has 1 N–H and O–H groups in total. The summed E-state index contributed by atoms with van der Waals surface area (Å²) in [5.74, 6) is -1.78. The van der Waals surface area contributed by atoms with Crippen molar-refractivity contribution in [3.05, 3.63) is 28.9 Å². The molecule has 0 saturated carbocycles. The summed E-state index contributed by atoms with van der Waals surface area (Å²) < 4.78 is 5.20. The van der Waals surface area contributed by atoms with E-state index < -0.39 is 11.9 Å². The molecule has 6 heteroatoms. The third-order valence-electron chi connectivity index (χ3n) is 2.08. The SMILES string of the molecule is COC(=O)c1sc2cnccc2c1C(=O)O. The maximum atomic E-state index is 11.4. The van der Waals surface area contributed by atoms with Gasteiger partial charge in [0.05, 0.1) is 17.4 Å². The van der Waals surface area contributed by atoms with E-state index in [1.807, 2.05) is 0 Å². The van der Waals surface area contributed by atoms with Gasteiger partial charge in [-0.05, 0) is 6.07 Å². The molecule has 0 aliphatic rings. The van der Waals surface area contributed by atoms with Gasteiger partial charge in [0.25, 0.3) is 0 Å². The van der Waals surface area contributed by atoms with Gasteiger partial charge < -0.3 is 9.84 Å². The molecular formula is C10H7NO4S. The normalized spacial score (nSPS) is 10.3. The van der Waals surface area contributed by atoms with Gasteiger partial charge in [-0.2, -0.15) is 0 Å². The van der Waals surface area contributed by atoms with Crippen LogP contribution in [0.2, 0.25) is 0 Å². The fourth-order valence-electron chi connectivity index (χ4n) is 1.40. The maximum absolute atomic E-state index is 11.4. The van der Waals surface area contributed by atoms with Gasteiger partial charge in [0.1, 0.15) is 4.88 Å². The molecule has 16 heavy (non-hydrogen) atoms. The fourth-order valence-corrected chi connectivity index (χ4v) is 2.48. The van der Waals surface area contributed by atoms with Gasteiger partial charge >= 0.3 is 11.9 Å². The number of hydrogen-bond donors (Lipinski definition) is 1. The van der Waals surface area contributed by atoms with E-state index in [0.29, 0.717) is 10.1 Å². The number of carbonyl (C=O) groups is 2.